The molecule has 6 nitrogen and oxygen atoms in total. The van der Waals surface area contributed by atoms with Gasteiger partial charge in [0.05, 0.1) is 7.11 Å². The Morgan fingerprint density at radius 1 is 1.17 bits per heavy atom. The first-order valence-electron chi connectivity index (χ1n) is 6.70. The van der Waals surface area contributed by atoms with E-state index in [0.29, 0.717) is 17.0 Å². The topological polar surface area (TPSA) is 77.2 Å². The smallest absolute Gasteiger partial charge is 0.313 e. The summed E-state index contributed by atoms with van der Waals surface area (Å²) in [6.45, 7) is 0. The Kier molecular flexibility index (Phi) is 4.01. The zero-order valence-electron chi connectivity index (χ0n) is 12.1. The summed E-state index contributed by atoms with van der Waals surface area (Å²) >= 11 is 0. The molecule has 3 aromatic rings. The zero-order valence-corrected chi connectivity index (χ0v) is 12.1. The lowest BCUT2D eigenvalue weighted by Gasteiger charge is -2.01. The average Bonchev–Trinajstić information content (AvgIpc) is 3.05. The van der Waals surface area contributed by atoms with Gasteiger partial charge in [-0.05, 0) is 42.5 Å². The molecule has 7 heteroatoms. The van der Waals surface area contributed by atoms with Crippen LogP contribution in [0.2, 0.25) is 0 Å². The van der Waals surface area contributed by atoms with Crippen LogP contribution in [-0.4, -0.2) is 23.2 Å². The number of carbonyl (C=O) groups excluding carboxylic acids is 1. The molecule has 2 aromatic carbocycles. The van der Waals surface area contributed by atoms with Gasteiger partial charge in [-0.15, -0.1) is 10.2 Å². The van der Waals surface area contributed by atoms with Gasteiger partial charge in [-0.1, -0.05) is 6.07 Å². The van der Waals surface area contributed by atoms with Crippen LogP contribution in [0.1, 0.15) is 10.7 Å². The lowest BCUT2D eigenvalue weighted by Crippen LogP contribution is -2.12. The summed E-state index contributed by atoms with van der Waals surface area (Å²) in [7, 11) is 1.57. The molecule has 1 heterocycles. The van der Waals surface area contributed by atoms with E-state index in [9.17, 15) is 9.18 Å². The summed E-state index contributed by atoms with van der Waals surface area (Å²) in [6.07, 6.45) is 0. The van der Waals surface area contributed by atoms with Crippen molar-refractivity contribution in [1.29, 1.82) is 0 Å². The molecule has 0 spiro atoms. The van der Waals surface area contributed by atoms with E-state index >= 15 is 0 Å². The number of hydrogen-bond donors (Lipinski definition) is 1. The van der Waals surface area contributed by atoms with Crippen LogP contribution in [0.4, 0.5) is 10.1 Å². The first-order chi connectivity index (χ1) is 11.2. The number of nitrogens with zero attached hydrogens (tertiary/aromatic N) is 2. The average molecular weight is 313 g/mol. The van der Waals surface area contributed by atoms with Crippen molar-refractivity contribution in [2.45, 2.75) is 0 Å². The van der Waals surface area contributed by atoms with Gasteiger partial charge in [-0.25, -0.2) is 4.39 Å². The molecule has 0 aliphatic heterocycles. The number of halogens is 1. The molecule has 23 heavy (non-hydrogen) atoms. The van der Waals surface area contributed by atoms with Gasteiger partial charge in [-0.2, -0.15) is 0 Å². The Bertz CT molecular complexity index is 831. The molecule has 1 N–H and O–H groups in total. The molecular formula is C16H12FN3O3. The van der Waals surface area contributed by atoms with Gasteiger partial charge in [0, 0.05) is 11.3 Å². The highest BCUT2D eigenvalue weighted by molar-refractivity contribution is 6.00. The van der Waals surface area contributed by atoms with Crippen LogP contribution in [-0.2, 0) is 0 Å². The minimum atomic E-state index is -0.608. The van der Waals surface area contributed by atoms with Crippen LogP contribution in [0, 0.1) is 5.82 Å². The summed E-state index contributed by atoms with van der Waals surface area (Å²) in [5.41, 5.74) is 0.960. The Labute approximate surface area is 130 Å². The van der Waals surface area contributed by atoms with Crippen molar-refractivity contribution in [2.24, 2.45) is 0 Å². The van der Waals surface area contributed by atoms with Crippen LogP contribution in [0.15, 0.2) is 52.9 Å². The molecule has 0 atom stereocenters. The molecule has 0 aliphatic rings. The molecule has 0 fully saturated rings. The van der Waals surface area contributed by atoms with Crippen molar-refractivity contribution in [1.82, 2.24) is 10.2 Å². The summed E-state index contributed by atoms with van der Waals surface area (Å²) in [6, 6.07) is 12.5. The van der Waals surface area contributed by atoms with Gasteiger partial charge in [0.1, 0.15) is 11.6 Å². The molecule has 116 valence electrons. The Balaban J connectivity index is 1.76. The zero-order chi connectivity index (χ0) is 16.2. The van der Waals surface area contributed by atoms with Gasteiger partial charge in [0.2, 0.25) is 5.89 Å². The molecule has 3 rings (SSSR count). The van der Waals surface area contributed by atoms with Crippen molar-refractivity contribution in [3.05, 3.63) is 60.2 Å². The fourth-order valence-electron chi connectivity index (χ4n) is 1.92. The third kappa shape index (κ3) is 3.34. The second-order valence-corrected chi connectivity index (χ2v) is 4.61. The molecule has 0 unspecified atom stereocenters. The molecule has 0 saturated carbocycles. The molecule has 1 amide bonds. The number of ether oxygens (including phenoxy) is 1. The van der Waals surface area contributed by atoms with Crippen LogP contribution in [0.3, 0.4) is 0 Å². The highest BCUT2D eigenvalue weighted by Gasteiger charge is 2.16. The van der Waals surface area contributed by atoms with E-state index in [2.05, 4.69) is 15.5 Å². The number of amides is 1. The standard InChI is InChI=1S/C16H12FN3O3/c1-22-13-7-5-10(6-8-13)15-19-20-16(23-15)14(21)18-12-4-2-3-11(17)9-12/h2-9H,1H3,(H,18,21). The summed E-state index contributed by atoms with van der Waals surface area (Å²) in [5.74, 6) is -0.371. The Hall–Kier alpha value is -3.22. The van der Waals surface area contributed by atoms with Crippen molar-refractivity contribution in [3.63, 3.8) is 0 Å². The van der Waals surface area contributed by atoms with Gasteiger partial charge < -0.3 is 14.5 Å². The van der Waals surface area contributed by atoms with E-state index in [1.54, 1.807) is 37.4 Å². The summed E-state index contributed by atoms with van der Waals surface area (Å²) in [5, 5.41) is 10.0. The van der Waals surface area contributed by atoms with Gasteiger partial charge in [0.25, 0.3) is 0 Å². The monoisotopic (exact) mass is 313 g/mol. The SMILES string of the molecule is COc1ccc(-c2nnc(C(=O)Nc3cccc(F)c3)o2)cc1. The first kappa shape index (κ1) is 14.7. The maximum atomic E-state index is 13.1. The van der Waals surface area contributed by atoms with E-state index in [1.807, 2.05) is 0 Å². The third-order valence-corrected chi connectivity index (χ3v) is 3.04. The van der Waals surface area contributed by atoms with Crippen molar-refractivity contribution >= 4 is 11.6 Å². The first-order valence-corrected chi connectivity index (χ1v) is 6.70. The van der Waals surface area contributed by atoms with E-state index in [4.69, 9.17) is 9.15 Å². The highest BCUT2D eigenvalue weighted by Crippen LogP contribution is 2.21. The van der Waals surface area contributed by atoms with Crippen LogP contribution in [0.5, 0.6) is 5.75 Å². The predicted molar refractivity (Wildman–Crippen MR) is 80.6 cm³/mol. The minimum absolute atomic E-state index is 0.206. The molecule has 0 aliphatic carbocycles. The van der Waals surface area contributed by atoms with Crippen LogP contribution >= 0.6 is 0 Å². The number of rotatable bonds is 4. The lowest BCUT2D eigenvalue weighted by atomic mass is 10.2. The molecule has 0 radical (unpaired) electrons. The van der Waals surface area contributed by atoms with Crippen LogP contribution in [0.25, 0.3) is 11.5 Å². The predicted octanol–water partition coefficient (Wildman–Crippen LogP) is 3.14. The van der Waals surface area contributed by atoms with Gasteiger partial charge in [-0.3, -0.25) is 4.79 Å². The second kappa shape index (κ2) is 6.27. The molecule has 1 aromatic heterocycles. The van der Waals surface area contributed by atoms with Gasteiger partial charge in [0.15, 0.2) is 0 Å². The van der Waals surface area contributed by atoms with Crippen LogP contribution < -0.4 is 10.1 Å². The Morgan fingerprint density at radius 3 is 2.65 bits per heavy atom. The Morgan fingerprint density at radius 2 is 1.96 bits per heavy atom. The third-order valence-electron chi connectivity index (χ3n) is 3.04. The van der Waals surface area contributed by atoms with E-state index in [0.717, 1.165) is 0 Å². The number of carbonyl (C=O) groups is 1. The molecule has 0 saturated heterocycles. The number of nitrogens with one attached hydrogen (secondary N) is 1. The molecule has 0 bridgehead atoms. The summed E-state index contributed by atoms with van der Waals surface area (Å²) in [4.78, 5) is 12.0. The minimum Gasteiger partial charge on any atom is -0.497 e. The van der Waals surface area contributed by atoms with E-state index in [1.165, 1.54) is 18.2 Å². The van der Waals surface area contributed by atoms with E-state index < -0.39 is 11.7 Å². The highest BCUT2D eigenvalue weighted by atomic mass is 19.1. The molecular weight excluding hydrogens is 301 g/mol. The van der Waals surface area contributed by atoms with Crippen molar-refractivity contribution in [3.8, 4) is 17.2 Å². The number of methoxy groups -OCH3 is 1. The van der Waals surface area contributed by atoms with E-state index in [-0.39, 0.29) is 11.8 Å². The van der Waals surface area contributed by atoms with Crippen molar-refractivity contribution in [2.75, 3.05) is 12.4 Å². The number of anilines is 1. The number of aromatic nitrogens is 2. The number of benzene rings is 2. The quantitative estimate of drug-likeness (QED) is 0.800. The maximum Gasteiger partial charge on any atom is 0.313 e. The maximum absolute atomic E-state index is 13.1. The fraction of sp³-hybridized carbons (Fsp3) is 0.0625. The van der Waals surface area contributed by atoms with Gasteiger partial charge >= 0.3 is 11.8 Å². The number of hydrogen-bond acceptors (Lipinski definition) is 5. The van der Waals surface area contributed by atoms with Crippen molar-refractivity contribution < 1.29 is 18.3 Å². The normalized spacial score (nSPS) is 10.3. The lowest BCUT2D eigenvalue weighted by molar-refractivity contribution is 0.0991. The second-order valence-electron chi connectivity index (χ2n) is 4.61. The largest absolute Gasteiger partial charge is 0.497 e. The fourth-order valence-corrected chi connectivity index (χ4v) is 1.92. The summed E-state index contributed by atoms with van der Waals surface area (Å²) < 4.78 is 23.5.